The van der Waals surface area contributed by atoms with E-state index in [1.165, 1.54) is 5.56 Å². The fourth-order valence-electron chi connectivity index (χ4n) is 1.77. The molecule has 0 aliphatic rings. The van der Waals surface area contributed by atoms with Crippen molar-refractivity contribution in [1.82, 2.24) is 5.32 Å². The highest BCUT2D eigenvalue weighted by Gasteiger charge is 2.01. The summed E-state index contributed by atoms with van der Waals surface area (Å²) in [6, 6.07) is 16.2. The average Bonchev–Trinajstić information content (AvgIpc) is 2.46. The van der Waals surface area contributed by atoms with Crippen LogP contribution in [0.25, 0.3) is 0 Å². The van der Waals surface area contributed by atoms with Gasteiger partial charge in [0.05, 0.1) is 7.11 Å². The first-order valence-corrected chi connectivity index (χ1v) is 6.57. The number of nitrogens with one attached hydrogen (secondary N) is 1. The second kappa shape index (κ2) is 6.34. The van der Waals surface area contributed by atoms with Crippen LogP contribution in [0.5, 0.6) is 5.75 Å². The summed E-state index contributed by atoms with van der Waals surface area (Å²) in [6.07, 6.45) is 0. The van der Waals surface area contributed by atoms with E-state index in [4.69, 9.17) is 17.0 Å². The molecule has 0 unspecified atom stereocenters. The molecule has 2 aromatic rings. The zero-order valence-electron chi connectivity index (χ0n) is 11.1. The van der Waals surface area contributed by atoms with Crippen LogP contribution in [0.1, 0.15) is 16.7 Å². The van der Waals surface area contributed by atoms with Crippen LogP contribution in [0.2, 0.25) is 0 Å². The lowest BCUT2D eigenvalue weighted by Gasteiger charge is -2.09. The van der Waals surface area contributed by atoms with Crippen LogP contribution in [-0.2, 0) is 6.54 Å². The third-order valence-electron chi connectivity index (χ3n) is 2.90. The summed E-state index contributed by atoms with van der Waals surface area (Å²) in [5.74, 6) is 0.862. The lowest BCUT2D eigenvalue weighted by molar-refractivity contribution is 0.414. The number of aryl methyl sites for hydroxylation is 1. The first kappa shape index (κ1) is 13.6. The van der Waals surface area contributed by atoms with Gasteiger partial charge in [-0.1, -0.05) is 54.2 Å². The summed E-state index contributed by atoms with van der Waals surface area (Å²) in [5, 5.41) is 3.26. The van der Waals surface area contributed by atoms with E-state index >= 15 is 0 Å². The van der Waals surface area contributed by atoms with Crippen molar-refractivity contribution in [2.45, 2.75) is 13.5 Å². The Kier molecular flexibility index (Phi) is 4.53. The fourth-order valence-corrected chi connectivity index (χ4v) is 1.98. The molecular weight excluding hydrogens is 254 g/mol. The van der Waals surface area contributed by atoms with Gasteiger partial charge in [0.2, 0.25) is 0 Å². The Morgan fingerprint density at radius 3 is 2.58 bits per heavy atom. The predicted octanol–water partition coefficient (Wildman–Crippen LogP) is 3.47. The minimum Gasteiger partial charge on any atom is -0.497 e. The molecule has 0 radical (unpaired) electrons. The van der Waals surface area contributed by atoms with Crippen molar-refractivity contribution in [2.24, 2.45) is 0 Å². The first-order chi connectivity index (χ1) is 9.19. The summed E-state index contributed by atoms with van der Waals surface area (Å²) in [7, 11) is 1.67. The van der Waals surface area contributed by atoms with Crippen LogP contribution in [-0.4, -0.2) is 12.1 Å². The first-order valence-electron chi connectivity index (χ1n) is 6.17. The highest BCUT2D eigenvalue weighted by Crippen LogP contribution is 2.12. The van der Waals surface area contributed by atoms with Crippen LogP contribution in [0.15, 0.2) is 48.5 Å². The number of thiocarbonyl (C=S) groups is 1. The molecule has 0 bridgehead atoms. The summed E-state index contributed by atoms with van der Waals surface area (Å²) >= 11 is 5.38. The normalized spacial score (nSPS) is 10.0. The molecule has 1 N–H and O–H groups in total. The zero-order chi connectivity index (χ0) is 13.7. The Morgan fingerprint density at radius 1 is 1.16 bits per heavy atom. The lowest BCUT2D eigenvalue weighted by atomic mass is 10.1. The Bertz CT molecular complexity index is 563. The quantitative estimate of drug-likeness (QED) is 0.860. The van der Waals surface area contributed by atoms with Crippen molar-refractivity contribution in [3.63, 3.8) is 0 Å². The van der Waals surface area contributed by atoms with E-state index in [0.29, 0.717) is 6.54 Å². The molecule has 3 heteroatoms. The number of methoxy groups -OCH3 is 1. The largest absolute Gasteiger partial charge is 0.497 e. The number of hydrogen-bond donors (Lipinski definition) is 1. The van der Waals surface area contributed by atoms with E-state index in [9.17, 15) is 0 Å². The summed E-state index contributed by atoms with van der Waals surface area (Å²) in [6.45, 7) is 2.76. The van der Waals surface area contributed by atoms with Gasteiger partial charge in [-0.15, -0.1) is 0 Å². The summed E-state index contributed by atoms with van der Waals surface area (Å²) in [4.78, 5) is 0.766. The molecule has 0 amide bonds. The molecule has 0 atom stereocenters. The van der Waals surface area contributed by atoms with Crippen molar-refractivity contribution >= 4 is 17.2 Å². The molecule has 0 aliphatic heterocycles. The van der Waals surface area contributed by atoms with Crippen LogP contribution < -0.4 is 10.1 Å². The van der Waals surface area contributed by atoms with E-state index in [1.54, 1.807) is 7.11 Å². The Balaban J connectivity index is 1.98. The maximum absolute atomic E-state index is 5.38. The highest BCUT2D eigenvalue weighted by atomic mass is 32.1. The predicted molar refractivity (Wildman–Crippen MR) is 82.7 cm³/mol. The molecule has 0 fully saturated rings. The number of hydrogen-bond acceptors (Lipinski definition) is 2. The van der Waals surface area contributed by atoms with Gasteiger partial charge >= 0.3 is 0 Å². The SMILES string of the molecule is COc1cccc(CNC(=S)c2ccc(C)cc2)c1. The molecular formula is C16H17NOS. The maximum atomic E-state index is 5.38. The molecule has 2 aromatic carbocycles. The van der Waals surface area contributed by atoms with E-state index in [-0.39, 0.29) is 0 Å². The van der Waals surface area contributed by atoms with Crippen LogP contribution >= 0.6 is 12.2 Å². The van der Waals surface area contributed by atoms with Crippen molar-refractivity contribution in [3.05, 3.63) is 65.2 Å². The number of ether oxygens (including phenoxy) is 1. The highest BCUT2D eigenvalue weighted by molar-refractivity contribution is 7.80. The third kappa shape index (κ3) is 3.80. The number of rotatable bonds is 4. The van der Waals surface area contributed by atoms with Gasteiger partial charge in [-0.25, -0.2) is 0 Å². The van der Waals surface area contributed by atoms with Gasteiger partial charge in [-0.3, -0.25) is 0 Å². The molecule has 0 spiro atoms. The minimum atomic E-state index is 0.698. The summed E-state index contributed by atoms with van der Waals surface area (Å²) in [5.41, 5.74) is 3.43. The van der Waals surface area contributed by atoms with Crippen LogP contribution in [0, 0.1) is 6.92 Å². The molecule has 2 nitrogen and oxygen atoms in total. The van der Waals surface area contributed by atoms with Gasteiger partial charge in [-0.05, 0) is 24.6 Å². The second-order valence-corrected chi connectivity index (χ2v) is 4.81. The van der Waals surface area contributed by atoms with Crippen LogP contribution in [0.4, 0.5) is 0 Å². The summed E-state index contributed by atoms with van der Waals surface area (Å²) < 4.78 is 5.20. The van der Waals surface area contributed by atoms with Gasteiger partial charge in [0.25, 0.3) is 0 Å². The molecule has 0 saturated carbocycles. The van der Waals surface area contributed by atoms with E-state index < -0.39 is 0 Å². The smallest absolute Gasteiger partial charge is 0.119 e. The third-order valence-corrected chi connectivity index (χ3v) is 3.28. The Labute approximate surface area is 119 Å². The molecule has 0 saturated heterocycles. The second-order valence-electron chi connectivity index (χ2n) is 4.40. The molecule has 98 valence electrons. The lowest BCUT2D eigenvalue weighted by Crippen LogP contribution is -2.21. The van der Waals surface area contributed by atoms with Gasteiger partial charge in [0, 0.05) is 12.1 Å². The molecule has 0 aromatic heterocycles. The van der Waals surface area contributed by atoms with Crippen molar-refractivity contribution in [3.8, 4) is 5.75 Å². The maximum Gasteiger partial charge on any atom is 0.119 e. The minimum absolute atomic E-state index is 0.698. The van der Waals surface area contributed by atoms with Gasteiger partial charge in [0.1, 0.15) is 10.7 Å². The van der Waals surface area contributed by atoms with Crippen LogP contribution in [0.3, 0.4) is 0 Å². The average molecular weight is 271 g/mol. The van der Waals surface area contributed by atoms with E-state index in [1.807, 2.05) is 36.4 Å². The standard InChI is InChI=1S/C16H17NOS/c1-12-6-8-14(9-7-12)16(19)17-11-13-4-3-5-15(10-13)18-2/h3-10H,11H2,1-2H3,(H,17,19). The molecule has 2 rings (SSSR count). The number of benzene rings is 2. The van der Waals surface area contributed by atoms with Crippen molar-refractivity contribution in [1.29, 1.82) is 0 Å². The van der Waals surface area contributed by atoms with E-state index in [0.717, 1.165) is 21.9 Å². The van der Waals surface area contributed by atoms with Crippen molar-refractivity contribution in [2.75, 3.05) is 7.11 Å². The Morgan fingerprint density at radius 2 is 1.89 bits per heavy atom. The van der Waals surface area contributed by atoms with Gasteiger partial charge < -0.3 is 10.1 Å². The molecule has 19 heavy (non-hydrogen) atoms. The fraction of sp³-hybridized carbons (Fsp3) is 0.188. The van der Waals surface area contributed by atoms with E-state index in [2.05, 4.69) is 24.4 Å². The zero-order valence-corrected chi connectivity index (χ0v) is 12.0. The Hall–Kier alpha value is -1.87. The van der Waals surface area contributed by atoms with Gasteiger partial charge in [0.15, 0.2) is 0 Å². The van der Waals surface area contributed by atoms with Gasteiger partial charge in [-0.2, -0.15) is 0 Å². The molecule has 0 aliphatic carbocycles. The topological polar surface area (TPSA) is 21.3 Å². The monoisotopic (exact) mass is 271 g/mol. The van der Waals surface area contributed by atoms with Crippen molar-refractivity contribution < 1.29 is 4.74 Å². The molecule has 0 heterocycles.